The van der Waals surface area contributed by atoms with Crippen LogP contribution in [0.2, 0.25) is 0 Å². The van der Waals surface area contributed by atoms with Gasteiger partial charge in [-0.05, 0) is 37.0 Å². The summed E-state index contributed by atoms with van der Waals surface area (Å²) in [6.07, 6.45) is 5.61. The summed E-state index contributed by atoms with van der Waals surface area (Å²) in [5.41, 5.74) is 1.27. The maximum atomic E-state index is 12.9. The number of methoxy groups -OCH3 is 2. The molecule has 2 amide bonds. The molecule has 1 atom stereocenters. The second-order valence-electron chi connectivity index (χ2n) is 8.00. The topological polar surface area (TPSA) is 67.9 Å². The first-order chi connectivity index (χ1) is 13.6. The third-order valence-electron chi connectivity index (χ3n) is 6.30. The van der Waals surface area contributed by atoms with Crippen LogP contribution in [0.1, 0.15) is 44.1 Å². The smallest absolute Gasteiger partial charge is 0.224 e. The Balaban J connectivity index is 1.61. The molecule has 2 aliphatic rings. The number of rotatable bonds is 8. The van der Waals surface area contributed by atoms with Crippen LogP contribution in [0.5, 0.6) is 5.75 Å². The number of hydrogen-bond acceptors (Lipinski definition) is 4. The number of ether oxygens (including phenoxy) is 2. The maximum Gasteiger partial charge on any atom is 0.224 e. The van der Waals surface area contributed by atoms with Crippen molar-refractivity contribution in [1.82, 2.24) is 10.2 Å². The molecule has 1 heterocycles. The summed E-state index contributed by atoms with van der Waals surface area (Å²) in [6, 6.07) is 8.25. The van der Waals surface area contributed by atoms with Gasteiger partial charge in [-0.1, -0.05) is 25.0 Å². The second-order valence-corrected chi connectivity index (χ2v) is 8.00. The van der Waals surface area contributed by atoms with Gasteiger partial charge in [0.15, 0.2) is 0 Å². The number of nitrogens with one attached hydrogen (secondary N) is 1. The lowest BCUT2D eigenvalue weighted by molar-refractivity contribution is -0.139. The molecule has 154 valence electrons. The number of benzene rings is 1. The molecule has 0 spiro atoms. The molecule has 0 aromatic heterocycles. The van der Waals surface area contributed by atoms with Gasteiger partial charge in [0, 0.05) is 38.6 Å². The van der Waals surface area contributed by atoms with Crippen molar-refractivity contribution in [2.45, 2.75) is 43.9 Å². The molecular weight excluding hydrogens is 356 g/mol. The highest BCUT2D eigenvalue weighted by Gasteiger charge is 2.37. The molecule has 1 unspecified atom stereocenters. The second kappa shape index (κ2) is 9.41. The van der Waals surface area contributed by atoms with Crippen molar-refractivity contribution >= 4 is 11.8 Å². The van der Waals surface area contributed by atoms with Gasteiger partial charge in [-0.3, -0.25) is 9.59 Å². The van der Waals surface area contributed by atoms with Crippen LogP contribution in [0.4, 0.5) is 0 Å². The lowest BCUT2D eigenvalue weighted by Gasteiger charge is -2.34. The summed E-state index contributed by atoms with van der Waals surface area (Å²) >= 11 is 0. The van der Waals surface area contributed by atoms with E-state index in [0.717, 1.165) is 18.6 Å². The Morgan fingerprint density at radius 3 is 2.57 bits per heavy atom. The van der Waals surface area contributed by atoms with E-state index in [1.54, 1.807) is 19.1 Å². The lowest BCUT2D eigenvalue weighted by atomic mass is 9.78. The van der Waals surface area contributed by atoms with E-state index in [1.807, 2.05) is 12.1 Å². The van der Waals surface area contributed by atoms with E-state index in [9.17, 15) is 9.59 Å². The average Bonchev–Trinajstić information content (AvgIpc) is 3.21. The highest BCUT2D eigenvalue weighted by atomic mass is 16.5. The third kappa shape index (κ3) is 4.66. The maximum absolute atomic E-state index is 12.9. The fourth-order valence-corrected chi connectivity index (χ4v) is 4.51. The molecule has 1 saturated heterocycles. The van der Waals surface area contributed by atoms with E-state index in [0.29, 0.717) is 39.1 Å². The van der Waals surface area contributed by atoms with Gasteiger partial charge in [0.05, 0.1) is 19.6 Å². The van der Waals surface area contributed by atoms with Crippen molar-refractivity contribution in [1.29, 1.82) is 0 Å². The van der Waals surface area contributed by atoms with Crippen LogP contribution in [0.15, 0.2) is 24.3 Å². The zero-order chi connectivity index (χ0) is 20.0. The summed E-state index contributed by atoms with van der Waals surface area (Å²) in [7, 11) is 3.30. The summed E-state index contributed by atoms with van der Waals surface area (Å²) in [5, 5.41) is 3.21. The van der Waals surface area contributed by atoms with E-state index in [-0.39, 0.29) is 23.1 Å². The number of piperidine rings is 1. The lowest BCUT2D eigenvalue weighted by Crippen LogP contribution is -2.48. The van der Waals surface area contributed by atoms with Crippen molar-refractivity contribution in [3.8, 4) is 5.75 Å². The zero-order valence-electron chi connectivity index (χ0n) is 17.0. The molecule has 1 aromatic rings. The van der Waals surface area contributed by atoms with Gasteiger partial charge >= 0.3 is 0 Å². The molecule has 6 nitrogen and oxygen atoms in total. The minimum Gasteiger partial charge on any atom is -0.497 e. The molecule has 3 rings (SSSR count). The highest BCUT2D eigenvalue weighted by molar-refractivity contribution is 5.83. The van der Waals surface area contributed by atoms with Crippen molar-refractivity contribution in [2.24, 2.45) is 5.92 Å². The SMILES string of the molecule is COCCN1CC(C(=O)NCC2(c3ccc(OC)cc3)CCCC2)CCC1=O. The van der Waals surface area contributed by atoms with Crippen LogP contribution < -0.4 is 10.1 Å². The Labute approximate surface area is 167 Å². The highest BCUT2D eigenvalue weighted by Crippen LogP contribution is 2.41. The Bertz CT molecular complexity index is 668. The number of carbonyl (C=O) groups is 2. The van der Waals surface area contributed by atoms with Crippen molar-refractivity contribution in [2.75, 3.05) is 40.5 Å². The van der Waals surface area contributed by atoms with Crippen LogP contribution in [0, 0.1) is 5.92 Å². The summed E-state index contributed by atoms with van der Waals surface area (Å²) in [4.78, 5) is 26.7. The number of likely N-dealkylation sites (tertiary alicyclic amines) is 1. The average molecular weight is 389 g/mol. The van der Waals surface area contributed by atoms with Crippen LogP contribution in [-0.4, -0.2) is 57.2 Å². The third-order valence-corrected chi connectivity index (χ3v) is 6.30. The monoisotopic (exact) mass is 388 g/mol. The standard InChI is InChI=1S/C22H32N2O4/c1-27-14-13-24-15-17(5-10-20(24)25)21(26)23-16-22(11-3-4-12-22)18-6-8-19(28-2)9-7-18/h6-9,17H,3-5,10-16H2,1-2H3,(H,23,26). The largest absolute Gasteiger partial charge is 0.497 e. The zero-order valence-corrected chi connectivity index (χ0v) is 17.0. The van der Waals surface area contributed by atoms with Gasteiger partial charge in [-0.25, -0.2) is 0 Å². The fraction of sp³-hybridized carbons (Fsp3) is 0.636. The Morgan fingerprint density at radius 2 is 1.93 bits per heavy atom. The number of nitrogens with zero attached hydrogens (tertiary/aromatic N) is 1. The number of amides is 2. The van der Waals surface area contributed by atoms with E-state index in [2.05, 4.69) is 17.4 Å². The van der Waals surface area contributed by atoms with Crippen molar-refractivity contribution in [3.63, 3.8) is 0 Å². The minimum absolute atomic E-state index is 0.00214. The molecule has 2 fully saturated rings. The van der Waals surface area contributed by atoms with Crippen LogP contribution >= 0.6 is 0 Å². The first-order valence-electron chi connectivity index (χ1n) is 10.3. The molecule has 1 aliphatic heterocycles. The van der Waals surface area contributed by atoms with Crippen LogP contribution in [0.25, 0.3) is 0 Å². The van der Waals surface area contributed by atoms with Gasteiger partial charge in [-0.15, -0.1) is 0 Å². The Kier molecular flexibility index (Phi) is 6.94. The predicted molar refractivity (Wildman–Crippen MR) is 107 cm³/mol. The van der Waals surface area contributed by atoms with Gasteiger partial charge < -0.3 is 19.7 Å². The normalized spacial score (nSPS) is 21.6. The summed E-state index contributed by atoms with van der Waals surface area (Å²) < 4.78 is 10.4. The molecular formula is C22H32N2O4. The van der Waals surface area contributed by atoms with E-state index >= 15 is 0 Å². The number of hydrogen-bond donors (Lipinski definition) is 1. The minimum atomic E-state index is -0.135. The van der Waals surface area contributed by atoms with E-state index < -0.39 is 0 Å². The summed E-state index contributed by atoms with van der Waals surface area (Å²) in [6.45, 7) is 2.19. The molecule has 1 N–H and O–H groups in total. The molecule has 1 saturated carbocycles. The quantitative estimate of drug-likeness (QED) is 0.743. The molecule has 1 aliphatic carbocycles. The van der Waals surface area contributed by atoms with Gasteiger partial charge in [0.2, 0.25) is 11.8 Å². The predicted octanol–water partition coefficient (Wildman–Crippen LogP) is 2.51. The van der Waals surface area contributed by atoms with Crippen molar-refractivity contribution < 1.29 is 19.1 Å². The molecule has 0 bridgehead atoms. The van der Waals surface area contributed by atoms with Crippen molar-refractivity contribution in [3.05, 3.63) is 29.8 Å². The van der Waals surface area contributed by atoms with E-state index in [4.69, 9.17) is 9.47 Å². The van der Waals surface area contributed by atoms with Gasteiger partial charge in [0.25, 0.3) is 0 Å². The van der Waals surface area contributed by atoms with E-state index in [1.165, 1.54) is 18.4 Å². The van der Waals surface area contributed by atoms with Gasteiger partial charge in [-0.2, -0.15) is 0 Å². The van der Waals surface area contributed by atoms with Gasteiger partial charge in [0.1, 0.15) is 5.75 Å². The fourth-order valence-electron chi connectivity index (χ4n) is 4.51. The molecule has 1 aromatic carbocycles. The van der Waals surface area contributed by atoms with Crippen LogP contribution in [-0.2, 0) is 19.7 Å². The Hall–Kier alpha value is -2.08. The first-order valence-corrected chi connectivity index (χ1v) is 10.3. The van der Waals surface area contributed by atoms with Crippen LogP contribution in [0.3, 0.4) is 0 Å². The summed E-state index contributed by atoms with van der Waals surface area (Å²) in [5.74, 6) is 0.897. The molecule has 0 radical (unpaired) electrons. The Morgan fingerprint density at radius 1 is 1.21 bits per heavy atom. The molecule has 6 heteroatoms. The molecule has 28 heavy (non-hydrogen) atoms. The first kappa shape index (κ1) is 20.6. The number of carbonyl (C=O) groups excluding carboxylic acids is 2.